The van der Waals surface area contributed by atoms with E-state index in [1.54, 1.807) is 13.8 Å². The molecule has 8 atom stereocenters. The Morgan fingerprint density at radius 3 is 2.44 bits per heavy atom. The van der Waals surface area contributed by atoms with E-state index < -0.39 is 54.4 Å². The fourth-order valence-electron chi connectivity index (χ4n) is 8.48. The van der Waals surface area contributed by atoms with Gasteiger partial charge in [0, 0.05) is 5.41 Å². The molecule has 0 aromatic heterocycles. The summed E-state index contributed by atoms with van der Waals surface area (Å²) in [6.07, 6.45) is 14.7. The molecular formula is C32H46N4O7. The smallest absolute Gasteiger partial charge is 0.326 e. The number of carboxylic acid groups (broad SMARTS) is 1. The summed E-state index contributed by atoms with van der Waals surface area (Å²) in [5.74, 6) is 0.285. The quantitative estimate of drug-likeness (QED) is 0.189. The summed E-state index contributed by atoms with van der Waals surface area (Å²) in [5.41, 5.74) is 6.03. The lowest BCUT2D eigenvalue weighted by molar-refractivity contribution is -0.144. The summed E-state index contributed by atoms with van der Waals surface area (Å²) in [4.78, 5) is 53.2. The molecule has 0 heterocycles. The van der Waals surface area contributed by atoms with Gasteiger partial charge >= 0.3 is 5.97 Å². The molecule has 11 nitrogen and oxygen atoms in total. The molecule has 0 aromatic carbocycles. The molecule has 3 fully saturated rings. The summed E-state index contributed by atoms with van der Waals surface area (Å²) in [7, 11) is 0. The Morgan fingerprint density at radius 1 is 1.12 bits per heavy atom. The first kappa shape index (κ1) is 32.5. The van der Waals surface area contributed by atoms with Crippen LogP contribution in [-0.2, 0) is 24.0 Å². The van der Waals surface area contributed by atoms with Gasteiger partial charge in [0.15, 0.2) is 6.61 Å². The van der Waals surface area contributed by atoms with Crippen LogP contribution in [0.15, 0.2) is 16.8 Å². The fourth-order valence-corrected chi connectivity index (χ4v) is 8.48. The van der Waals surface area contributed by atoms with Crippen LogP contribution >= 0.6 is 0 Å². The molecule has 0 aromatic rings. The molecule has 0 saturated heterocycles. The number of nitrogens with zero attached hydrogens (tertiary/aromatic N) is 1. The number of hydrogen-bond acceptors (Lipinski definition) is 7. The van der Waals surface area contributed by atoms with E-state index in [1.807, 2.05) is 0 Å². The highest BCUT2D eigenvalue weighted by Crippen LogP contribution is 2.67. The number of aliphatic hydroxyl groups is 1. The second-order valence-electron chi connectivity index (χ2n) is 13.7. The Morgan fingerprint density at radius 2 is 1.81 bits per heavy atom. The van der Waals surface area contributed by atoms with Crippen molar-refractivity contribution in [2.75, 3.05) is 6.61 Å². The van der Waals surface area contributed by atoms with Crippen LogP contribution < -0.4 is 16.4 Å². The first-order chi connectivity index (χ1) is 20.1. The third-order valence-corrected chi connectivity index (χ3v) is 11.0. The molecule has 4 aliphatic carbocycles. The maximum Gasteiger partial charge on any atom is 0.326 e. The van der Waals surface area contributed by atoms with E-state index in [2.05, 4.69) is 41.6 Å². The lowest BCUT2D eigenvalue weighted by atomic mass is 9.46. The van der Waals surface area contributed by atoms with Gasteiger partial charge in [-0.05, 0) is 86.5 Å². The monoisotopic (exact) mass is 598 g/mol. The number of carbonyl (C=O) groups excluding carboxylic acids is 3. The van der Waals surface area contributed by atoms with E-state index in [0.29, 0.717) is 30.6 Å². The van der Waals surface area contributed by atoms with Crippen LogP contribution in [0.5, 0.6) is 0 Å². The van der Waals surface area contributed by atoms with E-state index >= 15 is 0 Å². The van der Waals surface area contributed by atoms with Crippen molar-refractivity contribution in [1.82, 2.24) is 10.6 Å². The van der Waals surface area contributed by atoms with Crippen LogP contribution in [0.4, 0.5) is 0 Å². The second-order valence-corrected chi connectivity index (χ2v) is 13.7. The van der Waals surface area contributed by atoms with E-state index in [-0.39, 0.29) is 16.7 Å². The molecule has 0 radical (unpaired) electrons. The Kier molecular flexibility index (Phi) is 9.31. The predicted molar refractivity (Wildman–Crippen MR) is 159 cm³/mol. The molecule has 0 unspecified atom stereocenters. The molecule has 3 saturated carbocycles. The topological polar surface area (TPSA) is 180 Å². The molecule has 0 aliphatic heterocycles. The Labute approximate surface area is 253 Å². The van der Waals surface area contributed by atoms with Crippen molar-refractivity contribution >= 4 is 29.4 Å². The van der Waals surface area contributed by atoms with E-state index in [4.69, 9.17) is 17.0 Å². The number of fused-ring (bicyclic) bond motifs is 5. The van der Waals surface area contributed by atoms with Crippen molar-refractivity contribution in [3.05, 3.63) is 11.6 Å². The van der Waals surface area contributed by atoms with Gasteiger partial charge in [0.25, 0.3) is 5.91 Å². The van der Waals surface area contributed by atoms with E-state index in [0.717, 1.165) is 44.2 Å². The lowest BCUT2D eigenvalue weighted by Gasteiger charge is -2.58. The van der Waals surface area contributed by atoms with Crippen LogP contribution in [0.25, 0.3) is 0 Å². The van der Waals surface area contributed by atoms with Crippen molar-refractivity contribution in [1.29, 1.82) is 0 Å². The van der Waals surface area contributed by atoms with Gasteiger partial charge in [-0.1, -0.05) is 44.3 Å². The standard InChI is InChI=1S/C32H46N4O7/c1-6-32(42)14-11-23-21-8-7-19-15-20(9-12-30(19,4)22(21)10-13-31(23,32)5)36-43-17-26(38)35-27(18(2)3)28(39)34-24(29(40)41)16-25(33)37/h1,15,18,21-24,27,42H,7-14,16-17H2,2-5H3,(H2,33,37)(H,34,39)(H,35,38)(H,40,41)/b36-20+/t21-,22-,23-,24+,27+,30+,31+,32-/m1/s1. The number of rotatable bonds is 10. The van der Waals surface area contributed by atoms with Crippen molar-refractivity contribution in [2.45, 2.75) is 103 Å². The minimum Gasteiger partial charge on any atom is -0.480 e. The molecule has 6 N–H and O–H groups in total. The molecule has 3 amide bonds. The summed E-state index contributed by atoms with van der Waals surface area (Å²) in [6, 6.07) is -2.53. The zero-order valence-electron chi connectivity index (χ0n) is 25.7. The number of carbonyl (C=O) groups is 4. The Hall–Kier alpha value is -3.39. The summed E-state index contributed by atoms with van der Waals surface area (Å²) < 4.78 is 0. The van der Waals surface area contributed by atoms with Gasteiger partial charge in [0.1, 0.15) is 17.7 Å². The number of oxime groups is 1. The third kappa shape index (κ3) is 6.17. The zero-order valence-corrected chi connectivity index (χ0v) is 25.7. The number of hydrogen-bond donors (Lipinski definition) is 5. The highest BCUT2D eigenvalue weighted by Gasteiger charge is 2.63. The number of aliphatic carboxylic acids is 1. The average molecular weight is 599 g/mol. The minimum atomic E-state index is -1.49. The van der Waals surface area contributed by atoms with Crippen LogP contribution in [0.1, 0.15) is 85.5 Å². The number of amides is 3. The minimum absolute atomic E-state index is 0.0532. The van der Waals surface area contributed by atoms with Crippen molar-refractivity contribution in [3.63, 3.8) is 0 Å². The summed E-state index contributed by atoms with van der Waals surface area (Å²) >= 11 is 0. The van der Waals surface area contributed by atoms with E-state index in [9.17, 15) is 29.4 Å². The number of carboxylic acids is 1. The second kappa shape index (κ2) is 12.3. The summed E-state index contributed by atoms with van der Waals surface area (Å²) in [6.45, 7) is 7.54. The Bertz CT molecular complexity index is 1250. The zero-order chi connectivity index (χ0) is 31.7. The van der Waals surface area contributed by atoms with Gasteiger partial charge in [-0.15, -0.1) is 6.42 Å². The first-order valence-corrected chi connectivity index (χ1v) is 15.4. The molecule has 4 aliphatic rings. The largest absolute Gasteiger partial charge is 0.480 e. The first-order valence-electron chi connectivity index (χ1n) is 15.4. The van der Waals surface area contributed by atoms with Gasteiger partial charge in [-0.2, -0.15) is 0 Å². The number of nitrogens with one attached hydrogen (secondary N) is 2. The highest BCUT2D eigenvalue weighted by molar-refractivity contribution is 5.96. The highest BCUT2D eigenvalue weighted by atomic mass is 16.6. The van der Waals surface area contributed by atoms with Crippen LogP contribution in [0.2, 0.25) is 0 Å². The molecule has 11 heteroatoms. The van der Waals surface area contributed by atoms with Crippen molar-refractivity contribution < 1.29 is 34.2 Å². The van der Waals surface area contributed by atoms with Gasteiger partial charge in [0.2, 0.25) is 11.8 Å². The van der Waals surface area contributed by atoms with Gasteiger partial charge in [0.05, 0.1) is 12.1 Å². The van der Waals surface area contributed by atoms with Crippen molar-refractivity contribution in [2.24, 2.45) is 45.4 Å². The molecule has 0 bridgehead atoms. The number of terminal acetylenes is 1. The number of nitrogens with two attached hydrogens (primary N) is 1. The van der Waals surface area contributed by atoms with Gasteiger partial charge in [-0.25, -0.2) is 4.79 Å². The van der Waals surface area contributed by atoms with Crippen LogP contribution in [0.3, 0.4) is 0 Å². The molecule has 236 valence electrons. The van der Waals surface area contributed by atoms with Gasteiger partial charge < -0.3 is 31.4 Å². The predicted octanol–water partition coefficient (Wildman–Crippen LogP) is 2.27. The number of primary amides is 1. The normalized spacial score (nSPS) is 35.3. The average Bonchev–Trinajstić information content (AvgIpc) is 3.21. The van der Waals surface area contributed by atoms with Crippen LogP contribution in [0, 0.1) is 46.8 Å². The lowest BCUT2D eigenvalue weighted by Crippen LogP contribution is -2.54. The fraction of sp³-hybridized carbons (Fsp3) is 0.719. The molecule has 0 spiro atoms. The number of allylic oxidation sites excluding steroid dienone is 2. The SMILES string of the molecule is C#C[C@@]1(O)CC[C@@H]2[C@@H]3CCC4=C/C(=N/OCC(=O)N[C@H](C(=O)N[C@@H](CC(N)=O)C(=O)O)C(C)C)CC[C@]4(C)[C@@H]3CC[C@@]21C. The van der Waals surface area contributed by atoms with Gasteiger partial charge in [-0.3, -0.25) is 14.4 Å². The molecule has 43 heavy (non-hydrogen) atoms. The maximum atomic E-state index is 12.7. The Balaban J connectivity index is 1.35. The molecular weight excluding hydrogens is 552 g/mol. The maximum absolute atomic E-state index is 12.7. The van der Waals surface area contributed by atoms with Crippen molar-refractivity contribution in [3.8, 4) is 12.3 Å². The van der Waals surface area contributed by atoms with Crippen LogP contribution in [-0.4, -0.2) is 63.9 Å². The molecule has 4 rings (SSSR count). The van der Waals surface area contributed by atoms with E-state index in [1.165, 1.54) is 5.57 Å². The third-order valence-electron chi connectivity index (χ3n) is 11.0. The summed E-state index contributed by atoms with van der Waals surface area (Å²) in [5, 5.41) is 29.6.